The van der Waals surface area contributed by atoms with Crippen molar-refractivity contribution < 1.29 is 4.74 Å². The molecule has 1 heteroatoms. The van der Waals surface area contributed by atoms with E-state index in [9.17, 15) is 0 Å². The van der Waals surface area contributed by atoms with Crippen LogP contribution >= 0.6 is 0 Å². The molecule has 1 aliphatic carbocycles. The minimum Gasteiger partial charge on any atom is -0.377 e. The monoisotopic (exact) mass is 150 g/mol. The van der Waals surface area contributed by atoms with Gasteiger partial charge in [0.15, 0.2) is 0 Å². The molecular weight excluding hydrogens is 136 g/mol. The van der Waals surface area contributed by atoms with Gasteiger partial charge in [-0.05, 0) is 31.4 Å². The third-order valence-corrected chi connectivity index (χ3v) is 1.74. The van der Waals surface area contributed by atoms with Gasteiger partial charge < -0.3 is 4.74 Å². The molecule has 0 aromatic heterocycles. The molecule has 0 aromatic carbocycles. The second-order valence-corrected chi connectivity index (χ2v) is 2.59. The highest BCUT2D eigenvalue weighted by atomic mass is 16.5. The second-order valence-electron chi connectivity index (χ2n) is 2.59. The summed E-state index contributed by atoms with van der Waals surface area (Å²) in [4.78, 5) is 0. The van der Waals surface area contributed by atoms with Crippen LogP contribution in [0.3, 0.4) is 0 Å². The molecule has 1 atom stereocenters. The molecule has 0 amide bonds. The summed E-state index contributed by atoms with van der Waals surface area (Å²) in [6.07, 6.45) is 11.7. The van der Waals surface area contributed by atoms with Gasteiger partial charge in [0.1, 0.15) is 0 Å². The fourth-order valence-corrected chi connectivity index (χ4v) is 1.07. The van der Waals surface area contributed by atoms with Crippen molar-refractivity contribution in [3.8, 4) is 0 Å². The Kier molecular flexibility index (Phi) is 3.74. The number of methoxy groups -OCH3 is 1. The smallest absolute Gasteiger partial charge is 0.0755 e. The lowest BCUT2D eigenvalue weighted by Crippen LogP contribution is -2.05. The van der Waals surface area contributed by atoms with Crippen molar-refractivity contribution in [2.45, 2.75) is 25.4 Å². The van der Waals surface area contributed by atoms with E-state index in [4.69, 9.17) is 4.74 Å². The van der Waals surface area contributed by atoms with Crippen molar-refractivity contribution in [3.63, 3.8) is 0 Å². The Labute approximate surface area is 68.1 Å². The van der Waals surface area contributed by atoms with Crippen molar-refractivity contribution in [2.24, 2.45) is 0 Å². The van der Waals surface area contributed by atoms with Crippen LogP contribution in [-0.4, -0.2) is 13.2 Å². The summed E-state index contributed by atoms with van der Waals surface area (Å²) in [6, 6.07) is 0. The van der Waals surface area contributed by atoms with Gasteiger partial charge in [0.2, 0.25) is 0 Å². The van der Waals surface area contributed by atoms with Crippen molar-refractivity contribution >= 4 is 0 Å². The summed E-state index contributed by atoms with van der Waals surface area (Å²) in [5.74, 6) is 0. The molecule has 0 heterocycles. The van der Waals surface area contributed by atoms with E-state index in [1.165, 1.54) is 0 Å². The predicted molar refractivity (Wildman–Crippen MR) is 46.4 cm³/mol. The quantitative estimate of drug-likeness (QED) is 0.412. The largest absolute Gasteiger partial charge is 0.377 e. The lowest BCUT2D eigenvalue weighted by atomic mass is 10.2. The fraction of sp³-hybridized carbons (Fsp3) is 0.500. The van der Waals surface area contributed by atoms with Crippen LogP contribution < -0.4 is 0 Å². The first-order chi connectivity index (χ1) is 5.43. The molecule has 1 rings (SSSR count). The van der Waals surface area contributed by atoms with Gasteiger partial charge in [-0.3, -0.25) is 0 Å². The lowest BCUT2D eigenvalue weighted by Gasteiger charge is -2.07. The molecule has 1 nitrogen and oxygen atoms in total. The van der Waals surface area contributed by atoms with Gasteiger partial charge in [0.05, 0.1) is 6.10 Å². The van der Waals surface area contributed by atoms with Crippen molar-refractivity contribution in [1.82, 2.24) is 0 Å². The first kappa shape index (κ1) is 8.32. The van der Waals surface area contributed by atoms with Crippen LogP contribution in [0.2, 0.25) is 0 Å². The molecule has 0 aromatic rings. The SMILES string of the molecule is COC1C=CCC=C=CCC1. The molecule has 0 N–H and O–H groups in total. The zero-order valence-electron chi connectivity index (χ0n) is 6.92. The summed E-state index contributed by atoms with van der Waals surface area (Å²) in [5.41, 5.74) is 3.12. The van der Waals surface area contributed by atoms with Crippen molar-refractivity contribution in [2.75, 3.05) is 7.11 Å². The Morgan fingerprint density at radius 2 is 2.36 bits per heavy atom. The highest BCUT2D eigenvalue weighted by Gasteiger charge is 1.99. The summed E-state index contributed by atoms with van der Waals surface area (Å²) >= 11 is 0. The van der Waals surface area contributed by atoms with E-state index < -0.39 is 0 Å². The maximum atomic E-state index is 5.23. The molecule has 60 valence electrons. The van der Waals surface area contributed by atoms with Crippen LogP contribution in [0.1, 0.15) is 19.3 Å². The van der Waals surface area contributed by atoms with Crippen LogP contribution in [0, 0.1) is 0 Å². The highest BCUT2D eigenvalue weighted by Crippen LogP contribution is 2.05. The summed E-state index contributed by atoms with van der Waals surface area (Å²) in [6.45, 7) is 0. The Hall–Kier alpha value is -0.780. The van der Waals surface area contributed by atoms with Crippen LogP contribution in [0.25, 0.3) is 0 Å². The predicted octanol–water partition coefficient (Wildman–Crippen LogP) is 2.45. The average molecular weight is 150 g/mol. The number of hydrogen-bond acceptors (Lipinski definition) is 1. The van der Waals surface area contributed by atoms with Gasteiger partial charge in [0.25, 0.3) is 0 Å². The maximum absolute atomic E-state index is 5.23. The van der Waals surface area contributed by atoms with Crippen LogP contribution in [-0.2, 0) is 4.74 Å². The van der Waals surface area contributed by atoms with Gasteiger partial charge in [-0.2, -0.15) is 0 Å². The fourth-order valence-electron chi connectivity index (χ4n) is 1.07. The third kappa shape index (κ3) is 3.22. The molecular formula is C10H14O. The first-order valence-electron chi connectivity index (χ1n) is 4.02. The molecule has 0 fully saturated rings. The number of rotatable bonds is 1. The standard InChI is InChI=1S/C10H14O/c1-11-10-8-6-4-2-3-5-7-9-10/h2,5-6,8,10H,4,7,9H2,1H3. The maximum Gasteiger partial charge on any atom is 0.0755 e. The van der Waals surface area contributed by atoms with Crippen LogP contribution in [0.15, 0.2) is 30.0 Å². The summed E-state index contributed by atoms with van der Waals surface area (Å²) in [5, 5.41) is 0. The lowest BCUT2D eigenvalue weighted by molar-refractivity contribution is 0.134. The van der Waals surface area contributed by atoms with Gasteiger partial charge in [-0.25, -0.2) is 0 Å². The minimum atomic E-state index is 0.291. The molecule has 0 saturated heterocycles. The van der Waals surface area contributed by atoms with E-state index in [0.717, 1.165) is 19.3 Å². The van der Waals surface area contributed by atoms with Crippen LogP contribution in [0.4, 0.5) is 0 Å². The zero-order valence-corrected chi connectivity index (χ0v) is 6.92. The van der Waals surface area contributed by atoms with Gasteiger partial charge >= 0.3 is 0 Å². The number of allylic oxidation sites excluding steroid dienone is 2. The molecule has 0 bridgehead atoms. The normalized spacial score (nSPS) is 24.3. The minimum absolute atomic E-state index is 0.291. The molecule has 0 saturated carbocycles. The molecule has 0 aliphatic heterocycles. The topological polar surface area (TPSA) is 9.23 Å². The van der Waals surface area contributed by atoms with Crippen LogP contribution in [0.5, 0.6) is 0 Å². The number of ether oxygens (including phenoxy) is 1. The van der Waals surface area contributed by atoms with E-state index in [0.29, 0.717) is 6.10 Å². The Morgan fingerprint density at radius 1 is 1.45 bits per heavy atom. The van der Waals surface area contributed by atoms with E-state index in [1.807, 2.05) is 6.08 Å². The van der Waals surface area contributed by atoms with Gasteiger partial charge in [-0.1, -0.05) is 12.2 Å². The molecule has 1 aliphatic rings. The number of hydrogen-bond donors (Lipinski definition) is 0. The Bertz CT molecular complexity index is 185. The van der Waals surface area contributed by atoms with E-state index in [-0.39, 0.29) is 0 Å². The molecule has 11 heavy (non-hydrogen) atoms. The molecule has 1 unspecified atom stereocenters. The van der Waals surface area contributed by atoms with E-state index >= 15 is 0 Å². The Balaban J connectivity index is 2.51. The molecule has 0 spiro atoms. The summed E-state index contributed by atoms with van der Waals surface area (Å²) in [7, 11) is 1.75. The Morgan fingerprint density at radius 3 is 3.18 bits per heavy atom. The second kappa shape index (κ2) is 4.95. The van der Waals surface area contributed by atoms with Crippen molar-refractivity contribution in [3.05, 3.63) is 30.0 Å². The van der Waals surface area contributed by atoms with Gasteiger partial charge in [0, 0.05) is 7.11 Å². The van der Waals surface area contributed by atoms with Gasteiger partial charge in [-0.15, -0.1) is 5.73 Å². The molecule has 0 radical (unpaired) electrons. The van der Waals surface area contributed by atoms with Crippen molar-refractivity contribution in [1.29, 1.82) is 0 Å². The highest BCUT2D eigenvalue weighted by molar-refractivity contribution is 4.99. The summed E-state index contributed by atoms with van der Waals surface area (Å²) < 4.78 is 5.23. The zero-order chi connectivity index (χ0) is 7.94. The van der Waals surface area contributed by atoms with E-state index in [2.05, 4.69) is 24.0 Å². The third-order valence-electron chi connectivity index (χ3n) is 1.74. The van der Waals surface area contributed by atoms with E-state index in [1.54, 1.807) is 7.11 Å². The first-order valence-corrected chi connectivity index (χ1v) is 4.02. The average Bonchev–Trinajstić information content (AvgIpc) is 2.16.